The van der Waals surface area contributed by atoms with Gasteiger partial charge in [0.15, 0.2) is 0 Å². The second-order valence-electron chi connectivity index (χ2n) is 3.23. The fourth-order valence-corrected chi connectivity index (χ4v) is 0.939. The summed E-state index contributed by atoms with van der Waals surface area (Å²) in [6.07, 6.45) is 0. The third-order valence-corrected chi connectivity index (χ3v) is 1.74. The second kappa shape index (κ2) is 9.67. The number of ether oxygens (including phenoxy) is 2. The van der Waals surface area contributed by atoms with Crippen molar-refractivity contribution in [2.75, 3.05) is 13.2 Å². The Bertz CT molecular complexity index is 278. The van der Waals surface area contributed by atoms with Crippen molar-refractivity contribution < 1.29 is 23.9 Å². The number of hydrogen-bond donors (Lipinski definition) is 2. The van der Waals surface area contributed by atoms with Crippen molar-refractivity contribution in [3.8, 4) is 0 Å². The number of rotatable bonds is 6. The Hall–Kier alpha value is -1.34. The first-order chi connectivity index (χ1) is 7.93. The van der Waals surface area contributed by atoms with Crippen LogP contribution >= 0.6 is 12.4 Å². The molecule has 0 radical (unpaired) electrons. The van der Waals surface area contributed by atoms with Gasteiger partial charge in [-0.3, -0.25) is 4.79 Å². The highest BCUT2D eigenvalue weighted by Gasteiger charge is 2.31. The van der Waals surface area contributed by atoms with Gasteiger partial charge in [0.25, 0.3) is 0 Å². The molecule has 1 amide bonds. The largest absolute Gasteiger partial charge is 0.464 e. The summed E-state index contributed by atoms with van der Waals surface area (Å²) < 4.78 is 9.31. The van der Waals surface area contributed by atoms with Crippen LogP contribution in [0.3, 0.4) is 0 Å². The second-order valence-corrected chi connectivity index (χ2v) is 3.23. The van der Waals surface area contributed by atoms with Gasteiger partial charge in [-0.15, -0.1) is 12.4 Å². The number of amides is 1. The molecular weight excluding hydrogens is 264 g/mol. The molecule has 7 nitrogen and oxygen atoms in total. The van der Waals surface area contributed by atoms with E-state index in [1.54, 1.807) is 13.8 Å². The highest BCUT2D eigenvalue weighted by Crippen LogP contribution is 1.95. The average molecular weight is 283 g/mol. The zero-order chi connectivity index (χ0) is 13.4. The molecule has 0 aromatic carbocycles. The molecule has 0 aromatic heterocycles. The summed E-state index contributed by atoms with van der Waals surface area (Å²) in [5.74, 6) is -2.35. The van der Waals surface area contributed by atoms with Crippen molar-refractivity contribution in [2.45, 2.75) is 32.9 Å². The maximum absolute atomic E-state index is 11.4. The predicted molar refractivity (Wildman–Crippen MR) is 66.1 cm³/mol. The third-order valence-electron chi connectivity index (χ3n) is 1.74. The van der Waals surface area contributed by atoms with Gasteiger partial charge in [0, 0.05) is 0 Å². The van der Waals surface area contributed by atoms with Gasteiger partial charge in [0.05, 0.1) is 19.3 Å². The summed E-state index contributed by atoms with van der Waals surface area (Å²) in [7, 11) is 0. The summed E-state index contributed by atoms with van der Waals surface area (Å²) in [5.41, 5.74) is 5.32. The van der Waals surface area contributed by atoms with Crippen molar-refractivity contribution in [3.05, 3.63) is 0 Å². The van der Waals surface area contributed by atoms with E-state index in [1.165, 1.54) is 6.92 Å². The van der Waals surface area contributed by atoms with Crippen LogP contribution in [0.25, 0.3) is 0 Å². The predicted octanol–water partition coefficient (Wildman–Crippen LogP) is -0.634. The summed E-state index contributed by atoms with van der Waals surface area (Å²) in [6.45, 7) is 4.81. The lowest BCUT2D eigenvalue weighted by Crippen LogP contribution is -2.52. The molecule has 0 aromatic rings. The standard InChI is InChI=1S/C10H18N2O5.ClH/c1-4-16-9(14)7(10(15)17-5-2)12-8(13)6(3)11;/h6-7H,4-5,11H2,1-3H3,(H,12,13);1H. The number of esters is 2. The first-order valence-electron chi connectivity index (χ1n) is 5.33. The van der Waals surface area contributed by atoms with E-state index in [4.69, 9.17) is 5.73 Å². The minimum atomic E-state index is -1.46. The molecule has 0 aliphatic heterocycles. The van der Waals surface area contributed by atoms with Crippen molar-refractivity contribution >= 4 is 30.3 Å². The molecule has 0 bridgehead atoms. The molecule has 0 aliphatic rings. The fourth-order valence-electron chi connectivity index (χ4n) is 0.939. The number of nitrogens with two attached hydrogens (primary N) is 1. The Morgan fingerprint density at radius 1 is 1.11 bits per heavy atom. The molecule has 0 aliphatic carbocycles. The van der Waals surface area contributed by atoms with Gasteiger partial charge in [-0.1, -0.05) is 0 Å². The van der Waals surface area contributed by atoms with E-state index in [0.29, 0.717) is 0 Å². The first-order valence-corrected chi connectivity index (χ1v) is 5.33. The molecule has 1 unspecified atom stereocenters. The molecule has 18 heavy (non-hydrogen) atoms. The summed E-state index contributed by atoms with van der Waals surface area (Å²) in [4.78, 5) is 34.2. The molecule has 0 fully saturated rings. The average Bonchev–Trinajstić information content (AvgIpc) is 2.25. The SMILES string of the molecule is CCOC(=O)C(NC(=O)C(C)N)C(=O)OCC.Cl. The first kappa shape index (κ1) is 19.0. The highest BCUT2D eigenvalue weighted by molar-refractivity contribution is 6.02. The van der Waals surface area contributed by atoms with Crippen LogP contribution in [-0.4, -0.2) is 43.1 Å². The maximum Gasteiger partial charge on any atom is 0.340 e. The van der Waals surface area contributed by atoms with E-state index in [2.05, 4.69) is 14.8 Å². The lowest BCUT2D eigenvalue weighted by atomic mass is 10.2. The van der Waals surface area contributed by atoms with Gasteiger partial charge in [-0.25, -0.2) is 9.59 Å². The Morgan fingerprint density at radius 3 is 1.78 bits per heavy atom. The number of halogens is 1. The number of hydrogen-bond acceptors (Lipinski definition) is 6. The van der Waals surface area contributed by atoms with Crippen LogP contribution in [0, 0.1) is 0 Å². The normalized spacial score (nSPS) is 11.2. The molecule has 1 atom stereocenters. The molecule has 0 saturated heterocycles. The van der Waals surface area contributed by atoms with E-state index in [-0.39, 0.29) is 25.6 Å². The minimum absolute atomic E-state index is 0. The maximum atomic E-state index is 11.4. The molecular formula is C10H19ClN2O5. The van der Waals surface area contributed by atoms with E-state index in [9.17, 15) is 14.4 Å². The molecule has 0 heterocycles. The molecule has 0 rings (SSSR count). The summed E-state index contributed by atoms with van der Waals surface area (Å²) >= 11 is 0. The van der Waals surface area contributed by atoms with Gasteiger partial charge in [-0.05, 0) is 20.8 Å². The molecule has 0 spiro atoms. The van der Waals surface area contributed by atoms with Gasteiger partial charge in [0.2, 0.25) is 11.9 Å². The van der Waals surface area contributed by atoms with Crippen LogP contribution in [0.5, 0.6) is 0 Å². The van der Waals surface area contributed by atoms with Crippen molar-refractivity contribution in [1.82, 2.24) is 5.32 Å². The lowest BCUT2D eigenvalue weighted by Gasteiger charge is -2.16. The summed E-state index contributed by atoms with van der Waals surface area (Å²) in [5, 5.41) is 2.17. The topological polar surface area (TPSA) is 108 Å². The molecule has 106 valence electrons. The molecule has 0 saturated carbocycles. The monoisotopic (exact) mass is 282 g/mol. The van der Waals surface area contributed by atoms with Crippen LogP contribution in [0.2, 0.25) is 0 Å². The molecule has 8 heteroatoms. The van der Waals surface area contributed by atoms with Crippen molar-refractivity contribution in [1.29, 1.82) is 0 Å². The lowest BCUT2D eigenvalue weighted by molar-refractivity contribution is -0.159. The van der Waals surface area contributed by atoms with Gasteiger partial charge in [-0.2, -0.15) is 0 Å². The minimum Gasteiger partial charge on any atom is -0.464 e. The van der Waals surface area contributed by atoms with E-state index >= 15 is 0 Å². The van der Waals surface area contributed by atoms with Gasteiger partial charge in [0.1, 0.15) is 0 Å². The number of nitrogens with one attached hydrogen (secondary N) is 1. The van der Waals surface area contributed by atoms with Crippen molar-refractivity contribution in [2.24, 2.45) is 5.73 Å². The Labute approximate surface area is 112 Å². The van der Waals surface area contributed by atoms with E-state index < -0.39 is 29.9 Å². The Balaban J connectivity index is 0. The molecule has 3 N–H and O–H groups in total. The number of carbonyl (C=O) groups is 3. The van der Waals surface area contributed by atoms with Gasteiger partial charge < -0.3 is 20.5 Å². The van der Waals surface area contributed by atoms with Crippen LogP contribution in [0.4, 0.5) is 0 Å². The van der Waals surface area contributed by atoms with Crippen molar-refractivity contribution in [3.63, 3.8) is 0 Å². The highest BCUT2D eigenvalue weighted by atomic mass is 35.5. The van der Waals surface area contributed by atoms with Crippen LogP contribution in [0.15, 0.2) is 0 Å². The zero-order valence-corrected chi connectivity index (χ0v) is 11.4. The van der Waals surface area contributed by atoms with E-state index in [1.807, 2.05) is 0 Å². The summed E-state index contributed by atoms with van der Waals surface area (Å²) in [6, 6.07) is -2.30. The van der Waals surface area contributed by atoms with Crippen LogP contribution in [0.1, 0.15) is 20.8 Å². The van der Waals surface area contributed by atoms with E-state index in [0.717, 1.165) is 0 Å². The van der Waals surface area contributed by atoms with Crippen LogP contribution in [-0.2, 0) is 23.9 Å². The number of carbonyl (C=O) groups excluding carboxylic acids is 3. The smallest absolute Gasteiger partial charge is 0.340 e. The Kier molecular flexibility index (Phi) is 10.2. The van der Waals surface area contributed by atoms with Crippen LogP contribution < -0.4 is 11.1 Å². The zero-order valence-electron chi connectivity index (χ0n) is 10.6. The Morgan fingerprint density at radius 2 is 1.50 bits per heavy atom. The third kappa shape index (κ3) is 6.41. The quantitative estimate of drug-likeness (QED) is 0.496. The van der Waals surface area contributed by atoms with Gasteiger partial charge >= 0.3 is 11.9 Å². The fraction of sp³-hybridized carbons (Fsp3) is 0.700.